The van der Waals surface area contributed by atoms with E-state index in [1.165, 1.54) is 10.4 Å². The van der Waals surface area contributed by atoms with Crippen molar-refractivity contribution >= 4 is 0 Å². The lowest BCUT2D eigenvalue weighted by Crippen LogP contribution is -1.94. The van der Waals surface area contributed by atoms with Gasteiger partial charge >= 0.3 is 0 Å². The number of hydrogen-bond acceptors (Lipinski definition) is 3. The summed E-state index contributed by atoms with van der Waals surface area (Å²) in [6, 6.07) is 8.18. The minimum Gasteiger partial charge on any atom is -0.167 e. The quantitative estimate of drug-likeness (QED) is 0.748. The number of aromatic nitrogens is 4. The van der Waals surface area contributed by atoms with Crippen molar-refractivity contribution in [3.63, 3.8) is 0 Å². The minimum atomic E-state index is 0.463. The largest absolute Gasteiger partial charge is 0.205 e. The number of hydrogen-bond donors (Lipinski definition) is 0. The van der Waals surface area contributed by atoms with Crippen molar-refractivity contribution in [2.45, 2.75) is 19.8 Å². The molecule has 1 aromatic heterocycles. The van der Waals surface area contributed by atoms with Gasteiger partial charge in [-0.05, 0) is 16.7 Å². The summed E-state index contributed by atoms with van der Waals surface area (Å²) in [5.74, 6) is 1.16. The van der Waals surface area contributed by atoms with Gasteiger partial charge in [-0.25, -0.2) is 0 Å². The second-order valence-electron chi connectivity index (χ2n) is 3.84. The Labute approximate surface area is 88.9 Å². The summed E-state index contributed by atoms with van der Waals surface area (Å²) in [6.45, 7) is 4.32. The molecule has 0 saturated heterocycles. The molecule has 2 aromatic rings. The van der Waals surface area contributed by atoms with Crippen LogP contribution in [-0.4, -0.2) is 20.2 Å². The first-order chi connectivity index (χ1) is 7.18. The van der Waals surface area contributed by atoms with Gasteiger partial charge in [-0.2, -0.15) is 4.80 Å². The van der Waals surface area contributed by atoms with E-state index in [-0.39, 0.29) is 0 Å². The maximum Gasteiger partial charge on any atom is 0.205 e. The molecule has 4 heteroatoms. The third-order valence-corrected chi connectivity index (χ3v) is 2.33. The SMILES string of the molecule is CC(C)c1ccccc1-c1nnn(C)n1. The van der Waals surface area contributed by atoms with Crippen molar-refractivity contribution in [1.82, 2.24) is 20.2 Å². The third kappa shape index (κ3) is 1.88. The van der Waals surface area contributed by atoms with Gasteiger partial charge in [-0.15, -0.1) is 10.2 Å². The molecular weight excluding hydrogens is 188 g/mol. The van der Waals surface area contributed by atoms with Crippen molar-refractivity contribution in [3.8, 4) is 11.4 Å². The predicted molar refractivity (Wildman–Crippen MR) is 58.3 cm³/mol. The van der Waals surface area contributed by atoms with Gasteiger partial charge in [-0.1, -0.05) is 38.1 Å². The smallest absolute Gasteiger partial charge is 0.167 e. The van der Waals surface area contributed by atoms with E-state index in [0.717, 1.165) is 5.56 Å². The molecule has 0 saturated carbocycles. The van der Waals surface area contributed by atoms with Crippen LogP contribution in [0.15, 0.2) is 24.3 Å². The Morgan fingerprint density at radius 2 is 1.93 bits per heavy atom. The van der Waals surface area contributed by atoms with Crippen LogP contribution < -0.4 is 0 Å². The summed E-state index contributed by atoms with van der Waals surface area (Å²) in [6.07, 6.45) is 0. The van der Waals surface area contributed by atoms with Crippen molar-refractivity contribution in [3.05, 3.63) is 29.8 Å². The molecule has 0 spiro atoms. The zero-order valence-corrected chi connectivity index (χ0v) is 9.18. The van der Waals surface area contributed by atoms with Crippen LogP contribution in [0.1, 0.15) is 25.3 Å². The fourth-order valence-corrected chi connectivity index (χ4v) is 1.60. The lowest BCUT2D eigenvalue weighted by atomic mass is 9.97. The molecule has 0 atom stereocenters. The lowest BCUT2D eigenvalue weighted by molar-refractivity contribution is 0.630. The van der Waals surface area contributed by atoms with Gasteiger partial charge in [-0.3, -0.25) is 0 Å². The van der Waals surface area contributed by atoms with Crippen LogP contribution in [0, 0.1) is 0 Å². The van der Waals surface area contributed by atoms with E-state index >= 15 is 0 Å². The van der Waals surface area contributed by atoms with Crippen LogP contribution in [0.5, 0.6) is 0 Å². The van der Waals surface area contributed by atoms with Crippen LogP contribution in [0.4, 0.5) is 0 Å². The second-order valence-corrected chi connectivity index (χ2v) is 3.84. The van der Waals surface area contributed by atoms with E-state index in [1.54, 1.807) is 7.05 Å². The van der Waals surface area contributed by atoms with Gasteiger partial charge in [0.15, 0.2) is 0 Å². The van der Waals surface area contributed by atoms with E-state index in [4.69, 9.17) is 0 Å². The molecule has 2 rings (SSSR count). The Morgan fingerprint density at radius 1 is 1.20 bits per heavy atom. The summed E-state index contributed by atoms with van der Waals surface area (Å²) < 4.78 is 0. The summed E-state index contributed by atoms with van der Waals surface area (Å²) in [4.78, 5) is 1.48. The van der Waals surface area contributed by atoms with E-state index in [1.807, 2.05) is 18.2 Å². The molecule has 1 aromatic carbocycles. The molecule has 0 unspecified atom stereocenters. The van der Waals surface area contributed by atoms with Crippen LogP contribution in [0.25, 0.3) is 11.4 Å². The lowest BCUT2D eigenvalue weighted by Gasteiger charge is -2.08. The Morgan fingerprint density at radius 3 is 2.53 bits per heavy atom. The van der Waals surface area contributed by atoms with E-state index < -0.39 is 0 Å². The molecule has 0 N–H and O–H groups in total. The Hall–Kier alpha value is -1.71. The van der Waals surface area contributed by atoms with Gasteiger partial charge in [0.25, 0.3) is 0 Å². The van der Waals surface area contributed by atoms with Crippen molar-refractivity contribution in [2.24, 2.45) is 7.05 Å². The predicted octanol–water partition coefficient (Wildman–Crippen LogP) is 2.00. The average Bonchev–Trinajstić information content (AvgIpc) is 2.65. The molecule has 15 heavy (non-hydrogen) atoms. The van der Waals surface area contributed by atoms with Crippen LogP contribution >= 0.6 is 0 Å². The number of nitrogens with zero attached hydrogens (tertiary/aromatic N) is 4. The molecule has 0 fully saturated rings. The summed E-state index contributed by atoms with van der Waals surface area (Å²) in [5.41, 5.74) is 2.33. The van der Waals surface area contributed by atoms with Crippen LogP contribution in [0.2, 0.25) is 0 Å². The fourth-order valence-electron chi connectivity index (χ4n) is 1.60. The van der Waals surface area contributed by atoms with Gasteiger partial charge < -0.3 is 0 Å². The molecule has 0 bridgehead atoms. The molecule has 0 aliphatic rings. The molecule has 78 valence electrons. The highest BCUT2D eigenvalue weighted by molar-refractivity contribution is 5.60. The van der Waals surface area contributed by atoms with Gasteiger partial charge in [0, 0.05) is 5.56 Å². The Balaban J connectivity index is 2.52. The normalized spacial score (nSPS) is 10.9. The highest BCUT2D eigenvalue weighted by atomic mass is 15.6. The third-order valence-electron chi connectivity index (χ3n) is 2.33. The van der Waals surface area contributed by atoms with E-state index in [0.29, 0.717) is 11.7 Å². The van der Waals surface area contributed by atoms with Gasteiger partial charge in [0.2, 0.25) is 5.82 Å². The first kappa shape index (κ1) is 9.83. The number of aryl methyl sites for hydroxylation is 1. The van der Waals surface area contributed by atoms with Crippen molar-refractivity contribution < 1.29 is 0 Å². The molecule has 0 amide bonds. The summed E-state index contributed by atoms with van der Waals surface area (Å²) in [5, 5.41) is 12.1. The maximum atomic E-state index is 4.22. The zero-order chi connectivity index (χ0) is 10.8. The fraction of sp³-hybridized carbons (Fsp3) is 0.364. The molecule has 0 aliphatic carbocycles. The Kier molecular flexibility index (Phi) is 2.49. The first-order valence-corrected chi connectivity index (χ1v) is 5.02. The summed E-state index contributed by atoms with van der Waals surface area (Å²) in [7, 11) is 1.77. The van der Waals surface area contributed by atoms with E-state index in [9.17, 15) is 0 Å². The minimum absolute atomic E-state index is 0.463. The number of tetrazole rings is 1. The first-order valence-electron chi connectivity index (χ1n) is 5.02. The molecule has 4 nitrogen and oxygen atoms in total. The molecular formula is C11H14N4. The summed E-state index contributed by atoms with van der Waals surface area (Å²) >= 11 is 0. The van der Waals surface area contributed by atoms with Crippen molar-refractivity contribution in [1.29, 1.82) is 0 Å². The maximum absolute atomic E-state index is 4.22. The average molecular weight is 202 g/mol. The number of rotatable bonds is 2. The topological polar surface area (TPSA) is 43.6 Å². The molecule has 0 radical (unpaired) electrons. The van der Waals surface area contributed by atoms with Gasteiger partial charge in [0.1, 0.15) is 0 Å². The second kappa shape index (κ2) is 3.81. The van der Waals surface area contributed by atoms with Gasteiger partial charge in [0.05, 0.1) is 7.05 Å². The highest BCUT2D eigenvalue weighted by Crippen LogP contribution is 2.25. The highest BCUT2D eigenvalue weighted by Gasteiger charge is 2.11. The van der Waals surface area contributed by atoms with E-state index in [2.05, 4.69) is 35.3 Å². The van der Waals surface area contributed by atoms with Crippen molar-refractivity contribution in [2.75, 3.05) is 0 Å². The van der Waals surface area contributed by atoms with Crippen LogP contribution in [-0.2, 0) is 7.05 Å². The molecule has 1 heterocycles. The Bertz CT molecular complexity index is 459. The monoisotopic (exact) mass is 202 g/mol. The number of benzene rings is 1. The standard InChI is InChI=1S/C11H14N4/c1-8(2)9-6-4-5-7-10(9)11-12-14-15(3)13-11/h4-8H,1-3H3. The molecule has 0 aliphatic heterocycles. The zero-order valence-electron chi connectivity index (χ0n) is 9.18. The van der Waals surface area contributed by atoms with Crippen LogP contribution in [0.3, 0.4) is 0 Å².